The van der Waals surface area contributed by atoms with E-state index < -0.39 is 6.61 Å². The van der Waals surface area contributed by atoms with Gasteiger partial charge in [-0.05, 0) is 50.1 Å². The molecule has 0 aliphatic rings. The first-order chi connectivity index (χ1) is 10.9. The van der Waals surface area contributed by atoms with E-state index in [0.717, 1.165) is 11.1 Å². The highest BCUT2D eigenvalue weighted by molar-refractivity contribution is 5.96. The number of amides is 1. The molecule has 5 heteroatoms. The molecule has 0 aliphatic carbocycles. The molecule has 2 rings (SSSR count). The van der Waals surface area contributed by atoms with E-state index in [1.165, 1.54) is 12.1 Å². The molecule has 0 aliphatic heterocycles. The Morgan fingerprint density at radius 1 is 1.13 bits per heavy atom. The topological polar surface area (TPSA) is 38.3 Å². The van der Waals surface area contributed by atoms with Gasteiger partial charge in [-0.25, -0.2) is 0 Å². The van der Waals surface area contributed by atoms with Crippen molar-refractivity contribution in [2.24, 2.45) is 0 Å². The minimum atomic E-state index is -2.87. The average Bonchev–Trinajstić information content (AvgIpc) is 2.49. The molecule has 3 nitrogen and oxygen atoms in total. The standard InChI is InChI=1S/C18H19F2NO2/c1-11-7-8-12(2)16(9-11)17(22)21-13(3)14-5-4-6-15(10-14)23-18(19)20/h4-10,13,18H,1-3H3,(H,21,22)/t13-/m0/s1. The lowest BCUT2D eigenvalue weighted by molar-refractivity contribution is -0.0499. The minimum Gasteiger partial charge on any atom is -0.435 e. The van der Waals surface area contributed by atoms with Gasteiger partial charge in [0.05, 0.1) is 6.04 Å². The van der Waals surface area contributed by atoms with Crippen molar-refractivity contribution in [3.63, 3.8) is 0 Å². The van der Waals surface area contributed by atoms with Crippen LogP contribution in [-0.2, 0) is 0 Å². The van der Waals surface area contributed by atoms with E-state index in [-0.39, 0.29) is 17.7 Å². The number of carbonyl (C=O) groups excluding carboxylic acids is 1. The molecule has 122 valence electrons. The highest BCUT2D eigenvalue weighted by Crippen LogP contribution is 2.21. The number of nitrogens with one attached hydrogen (secondary N) is 1. The maximum Gasteiger partial charge on any atom is 0.387 e. The lowest BCUT2D eigenvalue weighted by Gasteiger charge is -2.16. The van der Waals surface area contributed by atoms with Gasteiger partial charge in [-0.2, -0.15) is 8.78 Å². The Bertz CT molecular complexity index is 701. The third-order valence-electron chi connectivity index (χ3n) is 3.57. The average molecular weight is 319 g/mol. The molecule has 0 unspecified atom stereocenters. The predicted octanol–water partition coefficient (Wildman–Crippen LogP) is 4.40. The van der Waals surface area contributed by atoms with E-state index >= 15 is 0 Å². The summed E-state index contributed by atoms with van der Waals surface area (Å²) in [5.41, 5.74) is 3.19. The van der Waals surface area contributed by atoms with E-state index in [0.29, 0.717) is 11.1 Å². The van der Waals surface area contributed by atoms with Crippen molar-refractivity contribution in [2.45, 2.75) is 33.4 Å². The van der Waals surface area contributed by atoms with Gasteiger partial charge < -0.3 is 10.1 Å². The van der Waals surface area contributed by atoms with Crippen molar-refractivity contribution in [1.29, 1.82) is 0 Å². The highest BCUT2D eigenvalue weighted by atomic mass is 19.3. The number of benzene rings is 2. The second kappa shape index (κ2) is 7.22. The monoisotopic (exact) mass is 319 g/mol. The number of aryl methyl sites for hydroxylation is 2. The number of rotatable bonds is 5. The fraction of sp³-hybridized carbons (Fsp3) is 0.278. The number of halogens is 2. The van der Waals surface area contributed by atoms with Crippen LogP contribution in [-0.4, -0.2) is 12.5 Å². The van der Waals surface area contributed by atoms with Crippen LogP contribution in [0.5, 0.6) is 5.75 Å². The molecule has 0 fully saturated rings. The maximum absolute atomic E-state index is 12.4. The first kappa shape index (κ1) is 16.9. The van der Waals surface area contributed by atoms with Crippen LogP contribution < -0.4 is 10.1 Å². The SMILES string of the molecule is Cc1ccc(C)c(C(=O)N[C@@H](C)c2cccc(OC(F)F)c2)c1. The molecule has 0 saturated heterocycles. The number of carbonyl (C=O) groups is 1. The molecule has 0 aromatic heterocycles. The number of hydrogen-bond acceptors (Lipinski definition) is 2. The molecule has 2 aromatic carbocycles. The van der Waals surface area contributed by atoms with E-state index in [4.69, 9.17) is 0 Å². The molecule has 1 amide bonds. The van der Waals surface area contributed by atoms with Crippen molar-refractivity contribution in [1.82, 2.24) is 5.32 Å². The van der Waals surface area contributed by atoms with Crippen LogP contribution in [0.2, 0.25) is 0 Å². The molecule has 0 spiro atoms. The second-order valence-electron chi connectivity index (χ2n) is 5.46. The Balaban J connectivity index is 2.13. The summed E-state index contributed by atoms with van der Waals surface area (Å²) in [6.07, 6.45) is 0. The van der Waals surface area contributed by atoms with Crippen LogP contribution in [0.15, 0.2) is 42.5 Å². The summed E-state index contributed by atoms with van der Waals surface area (Å²) in [6.45, 7) is 2.72. The Morgan fingerprint density at radius 3 is 2.57 bits per heavy atom. The van der Waals surface area contributed by atoms with Gasteiger partial charge in [-0.15, -0.1) is 0 Å². The fourth-order valence-corrected chi connectivity index (χ4v) is 2.30. The fourth-order valence-electron chi connectivity index (χ4n) is 2.30. The van der Waals surface area contributed by atoms with E-state index in [2.05, 4.69) is 10.1 Å². The Hall–Kier alpha value is -2.43. The number of alkyl halides is 2. The molecule has 23 heavy (non-hydrogen) atoms. The molecule has 0 saturated carbocycles. The summed E-state index contributed by atoms with van der Waals surface area (Å²) in [5.74, 6) is -0.121. The quantitative estimate of drug-likeness (QED) is 0.887. The van der Waals surface area contributed by atoms with E-state index in [1.807, 2.05) is 32.0 Å². The molecule has 0 heterocycles. The van der Waals surface area contributed by atoms with Gasteiger partial charge in [-0.3, -0.25) is 4.79 Å². The third-order valence-corrected chi connectivity index (χ3v) is 3.57. The molecule has 1 N–H and O–H groups in total. The first-order valence-electron chi connectivity index (χ1n) is 7.29. The van der Waals surface area contributed by atoms with Crippen molar-refractivity contribution in [2.75, 3.05) is 0 Å². The van der Waals surface area contributed by atoms with Crippen LogP contribution in [0.1, 0.15) is 40.0 Å². The molecular formula is C18H19F2NO2. The van der Waals surface area contributed by atoms with Gasteiger partial charge in [0.25, 0.3) is 5.91 Å². The minimum absolute atomic E-state index is 0.0744. The molecular weight excluding hydrogens is 300 g/mol. The Kier molecular flexibility index (Phi) is 5.32. The predicted molar refractivity (Wildman–Crippen MR) is 84.9 cm³/mol. The van der Waals surface area contributed by atoms with E-state index in [9.17, 15) is 13.6 Å². The zero-order valence-corrected chi connectivity index (χ0v) is 13.3. The van der Waals surface area contributed by atoms with Crippen molar-refractivity contribution in [3.8, 4) is 5.75 Å². The Labute approximate surface area is 134 Å². The van der Waals surface area contributed by atoms with Crippen LogP contribution in [0.3, 0.4) is 0 Å². The van der Waals surface area contributed by atoms with Gasteiger partial charge in [0, 0.05) is 5.56 Å². The van der Waals surface area contributed by atoms with Crippen LogP contribution in [0, 0.1) is 13.8 Å². The third kappa shape index (κ3) is 4.52. The summed E-state index contributed by atoms with van der Waals surface area (Å²) in [5, 5.41) is 2.88. The van der Waals surface area contributed by atoms with Gasteiger partial charge >= 0.3 is 6.61 Å². The largest absolute Gasteiger partial charge is 0.435 e. The van der Waals surface area contributed by atoms with E-state index in [1.54, 1.807) is 19.1 Å². The summed E-state index contributed by atoms with van der Waals surface area (Å²) in [4.78, 5) is 12.4. The zero-order chi connectivity index (χ0) is 17.0. The van der Waals surface area contributed by atoms with Crippen LogP contribution >= 0.6 is 0 Å². The van der Waals surface area contributed by atoms with Crippen LogP contribution in [0.25, 0.3) is 0 Å². The molecule has 0 radical (unpaired) electrons. The summed E-state index contributed by atoms with van der Waals surface area (Å²) >= 11 is 0. The molecule has 0 bridgehead atoms. The first-order valence-corrected chi connectivity index (χ1v) is 7.29. The zero-order valence-electron chi connectivity index (χ0n) is 13.3. The summed E-state index contributed by atoms with van der Waals surface area (Å²) in [7, 11) is 0. The summed E-state index contributed by atoms with van der Waals surface area (Å²) in [6, 6.07) is 11.7. The second-order valence-corrected chi connectivity index (χ2v) is 5.46. The van der Waals surface area contributed by atoms with Crippen molar-refractivity contribution < 1.29 is 18.3 Å². The summed E-state index contributed by atoms with van der Waals surface area (Å²) < 4.78 is 28.9. The van der Waals surface area contributed by atoms with Crippen molar-refractivity contribution in [3.05, 3.63) is 64.7 Å². The number of hydrogen-bond donors (Lipinski definition) is 1. The van der Waals surface area contributed by atoms with Gasteiger partial charge in [-0.1, -0.05) is 29.8 Å². The maximum atomic E-state index is 12.4. The van der Waals surface area contributed by atoms with Gasteiger partial charge in [0.1, 0.15) is 5.75 Å². The van der Waals surface area contributed by atoms with Crippen molar-refractivity contribution >= 4 is 5.91 Å². The normalized spacial score (nSPS) is 12.1. The van der Waals surface area contributed by atoms with Gasteiger partial charge in [0.15, 0.2) is 0 Å². The van der Waals surface area contributed by atoms with Crippen LogP contribution in [0.4, 0.5) is 8.78 Å². The molecule has 1 atom stereocenters. The Morgan fingerprint density at radius 2 is 1.87 bits per heavy atom. The lowest BCUT2D eigenvalue weighted by Crippen LogP contribution is -2.27. The van der Waals surface area contributed by atoms with Gasteiger partial charge in [0.2, 0.25) is 0 Å². The smallest absolute Gasteiger partial charge is 0.387 e. The number of ether oxygens (including phenoxy) is 1. The highest BCUT2D eigenvalue weighted by Gasteiger charge is 2.14. The molecule has 2 aromatic rings. The lowest BCUT2D eigenvalue weighted by atomic mass is 10.0.